The van der Waals surface area contributed by atoms with Crippen LogP contribution < -0.4 is 0 Å². The molecule has 0 aliphatic carbocycles. The van der Waals surface area contributed by atoms with Crippen molar-refractivity contribution in [3.63, 3.8) is 0 Å². The highest BCUT2D eigenvalue weighted by atomic mass is 35.5. The molecule has 0 saturated carbocycles. The average Bonchev–Trinajstić information content (AvgIpc) is 2.70. The van der Waals surface area contributed by atoms with Crippen molar-refractivity contribution in [1.82, 2.24) is 24.8 Å². The van der Waals surface area contributed by atoms with E-state index in [0.29, 0.717) is 10.8 Å². The molecule has 0 radical (unpaired) electrons. The van der Waals surface area contributed by atoms with Gasteiger partial charge in [-0.25, -0.2) is 0 Å². The molecule has 6 heteroatoms. The van der Waals surface area contributed by atoms with E-state index in [1.54, 1.807) is 17.1 Å². The normalized spacial score (nSPS) is 10.7. The van der Waals surface area contributed by atoms with Crippen LogP contribution in [0.5, 0.6) is 0 Å². The molecule has 2 aromatic rings. The molecule has 0 aliphatic rings. The van der Waals surface area contributed by atoms with Gasteiger partial charge in [0.15, 0.2) is 5.82 Å². The molecule has 0 aliphatic heterocycles. The summed E-state index contributed by atoms with van der Waals surface area (Å²) >= 11 is 6.03. The molecular formula is C7H8ClN5. The van der Waals surface area contributed by atoms with Gasteiger partial charge in [-0.05, 0) is 6.92 Å². The van der Waals surface area contributed by atoms with Gasteiger partial charge >= 0.3 is 0 Å². The summed E-state index contributed by atoms with van der Waals surface area (Å²) in [6.07, 6.45) is 3.29. The summed E-state index contributed by atoms with van der Waals surface area (Å²) in [6.45, 7) is 1.90. The lowest BCUT2D eigenvalue weighted by Gasteiger charge is -1.92. The highest BCUT2D eigenvalue weighted by Gasteiger charge is 2.12. The fraction of sp³-hybridized carbons (Fsp3) is 0.286. The van der Waals surface area contributed by atoms with Gasteiger partial charge in [-0.2, -0.15) is 9.78 Å². The lowest BCUT2D eigenvalue weighted by atomic mass is 10.4. The number of hydrogen-bond donors (Lipinski definition) is 0. The van der Waals surface area contributed by atoms with Crippen LogP contribution in [0, 0.1) is 6.92 Å². The third kappa shape index (κ3) is 1.21. The van der Waals surface area contributed by atoms with Crippen LogP contribution in [0.15, 0.2) is 12.4 Å². The monoisotopic (exact) mass is 197 g/mol. The molecule has 2 rings (SSSR count). The Morgan fingerprint density at radius 3 is 2.69 bits per heavy atom. The topological polar surface area (TPSA) is 48.5 Å². The van der Waals surface area contributed by atoms with Crippen molar-refractivity contribution >= 4 is 11.6 Å². The van der Waals surface area contributed by atoms with E-state index in [1.165, 1.54) is 4.68 Å². The minimum atomic E-state index is 0.605. The largest absolute Gasteiger partial charge is 0.269 e. The summed E-state index contributed by atoms with van der Waals surface area (Å²) < 4.78 is 3.24. The molecule has 0 fully saturated rings. The zero-order valence-electron chi connectivity index (χ0n) is 7.27. The van der Waals surface area contributed by atoms with Crippen LogP contribution in [0.2, 0.25) is 5.02 Å². The molecule has 5 nitrogen and oxygen atoms in total. The van der Waals surface area contributed by atoms with Crippen molar-refractivity contribution < 1.29 is 0 Å². The van der Waals surface area contributed by atoms with E-state index in [2.05, 4.69) is 15.4 Å². The number of hydrogen-bond acceptors (Lipinski definition) is 3. The van der Waals surface area contributed by atoms with Gasteiger partial charge in [-0.3, -0.25) is 4.68 Å². The van der Waals surface area contributed by atoms with Crippen molar-refractivity contribution in [3.05, 3.63) is 23.1 Å². The molecule has 0 unspecified atom stereocenters. The van der Waals surface area contributed by atoms with Crippen LogP contribution in [0.25, 0.3) is 5.82 Å². The van der Waals surface area contributed by atoms with E-state index >= 15 is 0 Å². The van der Waals surface area contributed by atoms with Crippen LogP contribution in [0.1, 0.15) is 5.69 Å². The average molecular weight is 198 g/mol. The molecule has 0 saturated heterocycles. The molecule has 0 N–H and O–H groups in total. The van der Waals surface area contributed by atoms with Gasteiger partial charge in [0.2, 0.25) is 0 Å². The first kappa shape index (κ1) is 8.25. The summed E-state index contributed by atoms with van der Waals surface area (Å²) in [6, 6.07) is 0. The van der Waals surface area contributed by atoms with Crippen molar-refractivity contribution in [2.75, 3.05) is 0 Å². The maximum atomic E-state index is 6.03. The quantitative estimate of drug-likeness (QED) is 0.684. The Hall–Kier alpha value is -1.36. The molecule has 13 heavy (non-hydrogen) atoms. The van der Waals surface area contributed by atoms with Gasteiger partial charge in [0.25, 0.3) is 0 Å². The van der Waals surface area contributed by atoms with Crippen molar-refractivity contribution in [3.8, 4) is 5.82 Å². The second kappa shape index (κ2) is 2.85. The Bertz CT molecular complexity index is 416. The summed E-state index contributed by atoms with van der Waals surface area (Å²) in [5.41, 5.74) is 0.909. The van der Waals surface area contributed by atoms with Crippen molar-refractivity contribution in [1.29, 1.82) is 0 Å². The van der Waals surface area contributed by atoms with Crippen molar-refractivity contribution in [2.45, 2.75) is 6.92 Å². The predicted molar refractivity (Wildman–Crippen MR) is 47.9 cm³/mol. The lowest BCUT2D eigenvalue weighted by Crippen LogP contribution is -1.98. The highest BCUT2D eigenvalue weighted by molar-refractivity contribution is 6.32. The Labute approximate surface area is 79.9 Å². The van der Waals surface area contributed by atoms with E-state index in [4.69, 9.17) is 11.6 Å². The van der Waals surface area contributed by atoms with Crippen LogP contribution in [-0.2, 0) is 7.05 Å². The highest BCUT2D eigenvalue weighted by Crippen LogP contribution is 2.21. The number of aromatic nitrogens is 5. The third-order valence-electron chi connectivity index (χ3n) is 1.88. The minimum Gasteiger partial charge on any atom is -0.269 e. The van der Waals surface area contributed by atoms with E-state index < -0.39 is 0 Å². The maximum Gasteiger partial charge on any atom is 0.195 e. The second-order valence-electron chi connectivity index (χ2n) is 2.69. The Kier molecular flexibility index (Phi) is 1.81. The predicted octanol–water partition coefficient (Wildman–Crippen LogP) is 0.963. The Morgan fingerprint density at radius 2 is 2.23 bits per heavy atom. The number of nitrogens with zero attached hydrogens (tertiary/aromatic N) is 5. The van der Waals surface area contributed by atoms with Crippen LogP contribution in [0.4, 0.5) is 0 Å². The fourth-order valence-electron chi connectivity index (χ4n) is 1.03. The lowest BCUT2D eigenvalue weighted by molar-refractivity contribution is 0.702. The van der Waals surface area contributed by atoms with E-state index in [1.807, 2.05) is 14.0 Å². The molecule has 0 amide bonds. The molecule has 0 spiro atoms. The van der Waals surface area contributed by atoms with Crippen LogP contribution >= 0.6 is 11.6 Å². The number of aryl methyl sites for hydroxylation is 1. The van der Waals surface area contributed by atoms with Gasteiger partial charge in [0, 0.05) is 7.05 Å². The first-order valence-corrected chi connectivity index (χ1v) is 4.13. The summed E-state index contributed by atoms with van der Waals surface area (Å²) in [7, 11) is 1.83. The molecule has 2 heterocycles. The molecule has 68 valence electrons. The van der Waals surface area contributed by atoms with Gasteiger partial charge in [-0.1, -0.05) is 16.8 Å². The number of rotatable bonds is 1. The summed E-state index contributed by atoms with van der Waals surface area (Å²) in [4.78, 5) is 0. The fourth-order valence-corrected chi connectivity index (χ4v) is 1.28. The standard InChI is InChI=1S/C7H8ClN5/c1-5-6(8)7(10-12(5)2)13-4-3-9-11-13/h3-4H,1-2H3. The zero-order valence-corrected chi connectivity index (χ0v) is 8.02. The molecular weight excluding hydrogens is 190 g/mol. The molecule has 0 bridgehead atoms. The second-order valence-corrected chi connectivity index (χ2v) is 3.07. The van der Waals surface area contributed by atoms with Gasteiger partial charge in [0.1, 0.15) is 5.02 Å². The van der Waals surface area contributed by atoms with Gasteiger partial charge in [-0.15, -0.1) is 5.10 Å². The third-order valence-corrected chi connectivity index (χ3v) is 2.33. The smallest absolute Gasteiger partial charge is 0.195 e. The maximum absolute atomic E-state index is 6.03. The summed E-state index contributed by atoms with van der Waals surface area (Å²) in [5.74, 6) is 0.610. The molecule has 2 aromatic heterocycles. The number of halogens is 1. The molecule has 0 atom stereocenters. The Morgan fingerprint density at radius 1 is 1.46 bits per heavy atom. The SMILES string of the molecule is Cc1c(Cl)c(-n2ccnn2)nn1C. The first-order valence-electron chi connectivity index (χ1n) is 3.76. The Balaban J connectivity index is 2.59. The van der Waals surface area contributed by atoms with Crippen molar-refractivity contribution in [2.24, 2.45) is 7.05 Å². The first-order chi connectivity index (χ1) is 6.20. The van der Waals surface area contributed by atoms with Crippen LogP contribution in [0.3, 0.4) is 0 Å². The molecule has 0 aromatic carbocycles. The van der Waals surface area contributed by atoms with Gasteiger partial charge < -0.3 is 0 Å². The van der Waals surface area contributed by atoms with Crippen LogP contribution in [-0.4, -0.2) is 24.8 Å². The van der Waals surface area contributed by atoms with E-state index in [0.717, 1.165) is 5.69 Å². The minimum absolute atomic E-state index is 0.605. The summed E-state index contributed by atoms with van der Waals surface area (Å²) in [5, 5.41) is 12.3. The zero-order chi connectivity index (χ0) is 9.42. The van der Waals surface area contributed by atoms with E-state index in [-0.39, 0.29) is 0 Å². The van der Waals surface area contributed by atoms with E-state index in [9.17, 15) is 0 Å². The van der Waals surface area contributed by atoms with Gasteiger partial charge in [0.05, 0.1) is 18.1 Å².